The third kappa shape index (κ3) is 2.19. The van der Waals surface area contributed by atoms with Crippen LogP contribution in [0.1, 0.15) is 5.56 Å². The average Bonchev–Trinajstić information content (AvgIpc) is 2.93. The van der Waals surface area contributed by atoms with Crippen LogP contribution in [0.3, 0.4) is 0 Å². The summed E-state index contributed by atoms with van der Waals surface area (Å²) in [5.74, 6) is 1.35. The Labute approximate surface area is 127 Å². The lowest BCUT2D eigenvalue weighted by molar-refractivity contribution is 0.106. The second-order valence-corrected chi connectivity index (χ2v) is 5.36. The summed E-state index contributed by atoms with van der Waals surface area (Å²) >= 11 is 0. The molecule has 0 amide bonds. The van der Waals surface area contributed by atoms with Crippen LogP contribution in [-0.2, 0) is 6.42 Å². The van der Waals surface area contributed by atoms with E-state index in [0.29, 0.717) is 23.7 Å². The first kappa shape index (κ1) is 13.2. The van der Waals surface area contributed by atoms with Crippen molar-refractivity contribution in [3.05, 3.63) is 54.1 Å². The molecule has 5 nitrogen and oxygen atoms in total. The Kier molecular flexibility index (Phi) is 3.20. The summed E-state index contributed by atoms with van der Waals surface area (Å²) in [6, 6.07) is 15.8. The fraction of sp³-hybridized carbons (Fsp3) is 0.235. The number of hydrogen-bond donors (Lipinski definition) is 1. The molecule has 0 radical (unpaired) electrons. The first-order valence-electron chi connectivity index (χ1n) is 7.33. The van der Waals surface area contributed by atoms with Crippen LogP contribution in [0.4, 0.5) is 5.82 Å². The highest BCUT2D eigenvalue weighted by molar-refractivity contribution is 5.94. The van der Waals surface area contributed by atoms with Crippen molar-refractivity contribution in [2.45, 2.75) is 12.6 Å². The number of nitrogens with zero attached hydrogens (tertiary/aromatic N) is 2. The van der Waals surface area contributed by atoms with Crippen molar-refractivity contribution in [2.24, 2.45) is 0 Å². The van der Waals surface area contributed by atoms with Crippen LogP contribution in [-0.4, -0.2) is 29.6 Å². The molecule has 22 heavy (non-hydrogen) atoms. The molecule has 5 heteroatoms. The van der Waals surface area contributed by atoms with E-state index in [4.69, 9.17) is 9.26 Å². The van der Waals surface area contributed by atoms with E-state index >= 15 is 0 Å². The monoisotopic (exact) mass is 296 g/mol. The lowest BCUT2D eigenvalue weighted by Crippen LogP contribution is -2.40. The second kappa shape index (κ2) is 5.35. The van der Waals surface area contributed by atoms with Gasteiger partial charge in [0.2, 0.25) is 0 Å². The Balaban J connectivity index is 1.68. The van der Waals surface area contributed by atoms with Gasteiger partial charge in [0.25, 0.3) is 0 Å². The van der Waals surface area contributed by atoms with E-state index in [1.165, 1.54) is 5.56 Å². The molecule has 0 spiro atoms. The zero-order valence-electron chi connectivity index (χ0n) is 12.0. The third-order valence-corrected chi connectivity index (χ3v) is 3.95. The maximum atomic E-state index is 10.4. The van der Waals surface area contributed by atoms with Gasteiger partial charge in [-0.2, -0.15) is 0 Å². The van der Waals surface area contributed by atoms with Gasteiger partial charge in [-0.1, -0.05) is 41.6 Å². The molecular weight excluding hydrogens is 280 g/mol. The van der Waals surface area contributed by atoms with Crippen LogP contribution in [0.5, 0.6) is 5.75 Å². The highest BCUT2D eigenvalue weighted by Gasteiger charge is 2.28. The van der Waals surface area contributed by atoms with Crippen molar-refractivity contribution in [2.75, 3.05) is 18.1 Å². The third-order valence-electron chi connectivity index (χ3n) is 3.95. The van der Waals surface area contributed by atoms with Crippen molar-refractivity contribution in [3.8, 4) is 5.75 Å². The van der Waals surface area contributed by atoms with Gasteiger partial charge in [-0.3, -0.25) is 0 Å². The van der Waals surface area contributed by atoms with Crippen molar-refractivity contribution in [3.63, 3.8) is 0 Å². The van der Waals surface area contributed by atoms with Crippen LogP contribution in [0.15, 0.2) is 53.1 Å². The number of hydrogen-bond acceptors (Lipinski definition) is 5. The molecule has 112 valence electrons. The smallest absolute Gasteiger partial charge is 0.185 e. The lowest BCUT2D eigenvalue weighted by Gasteiger charge is -2.25. The second-order valence-electron chi connectivity index (χ2n) is 5.36. The molecule has 0 bridgehead atoms. The largest absolute Gasteiger partial charge is 0.488 e. The van der Waals surface area contributed by atoms with Crippen molar-refractivity contribution < 1.29 is 14.4 Å². The van der Waals surface area contributed by atoms with Gasteiger partial charge in [-0.05, 0) is 24.1 Å². The molecule has 1 unspecified atom stereocenters. The number of aromatic nitrogens is 1. The topological polar surface area (TPSA) is 58.7 Å². The molecule has 0 saturated carbocycles. The first-order valence-corrected chi connectivity index (χ1v) is 7.33. The predicted octanol–water partition coefficient (Wildman–Crippen LogP) is 2.59. The Morgan fingerprint density at radius 3 is 2.86 bits per heavy atom. The van der Waals surface area contributed by atoms with Crippen LogP contribution in [0, 0.1) is 0 Å². The van der Waals surface area contributed by atoms with Crippen LogP contribution < -0.4 is 9.64 Å². The van der Waals surface area contributed by atoms with E-state index in [0.717, 1.165) is 11.8 Å². The quantitative estimate of drug-likeness (QED) is 0.805. The van der Waals surface area contributed by atoms with Gasteiger partial charge < -0.3 is 19.3 Å². The number of anilines is 1. The highest BCUT2D eigenvalue weighted by Crippen LogP contribution is 2.37. The standard InChI is InChI=1S/C17H16N2O3/c20-15-11-21-13-7-4-8-14-16(13)17(18-22-14)19(15)10-9-12-5-2-1-3-6-12/h1-8,15,20H,9-11H2. The van der Waals surface area contributed by atoms with Gasteiger partial charge >= 0.3 is 0 Å². The van der Waals surface area contributed by atoms with Gasteiger partial charge in [0.05, 0.1) is 0 Å². The van der Waals surface area contributed by atoms with Crippen LogP contribution in [0.25, 0.3) is 11.0 Å². The van der Waals surface area contributed by atoms with E-state index in [1.807, 2.05) is 41.3 Å². The number of ether oxygens (including phenoxy) is 1. The minimum atomic E-state index is -0.746. The average molecular weight is 296 g/mol. The highest BCUT2D eigenvalue weighted by atomic mass is 16.5. The van der Waals surface area contributed by atoms with E-state index in [1.54, 1.807) is 0 Å². The van der Waals surface area contributed by atoms with Gasteiger partial charge in [0, 0.05) is 6.54 Å². The fourth-order valence-electron chi connectivity index (χ4n) is 2.81. The fourth-order valence-corrected chi connectivity index (χ4v) is 2.81. The van der Waals surface area contributed by atoms with E-state index < -0.39 is 6.23 Å². The molecule has 4 rings (SSSR count). The molecule has 2 aromatic carbocycles. The predicted molar refractivity (Wildman–Crippen MR) is 83.0 cm³/mol. The zero-order valence-corrected chi connectivity index (χ0v) is 12.0. The molecule has 1 atom stereocenters. The summed E-state index contributed by atoms with van der Waals surface area (Å²) in [6.07, 6.45) is 0.0680. The molecule has 1 aliphatic heterocycles. The Morgan fingerprint density at radius 2 is 2.00 bits per heavy atom. The molecule has 2 heterocycles. The van der Waals surface area contributed by atoms with Crippen molar-refractivity contribution in [1.82, 2.24) is 5.16 Å². The SMILES string of the molecule is OC1COc2cccc3onc(c23)N1CCc1ccccc1. The summed E-state index contributed by atoms with van der Waals surface area (Å²) in [6.45, 7) is 0.856. The minimum Gasteiger partial charge on any atom is -0.488 e. The summed E-state index contributed by atoms with van der Waals surface area (Å²) in [5.41, 5.74) is 1.89. The summed E-state index contributed by atoms with van der Waals surface area (Å²) in [4.78, 5) is 1.84. The van der Waals surface area contributed by atoms with E-state index in [2.05, 4.69) is 17.3 Å². The molecule has 0 aliphatic carbocycles. The Hall–Kier alpha value is -2.53. The Morgan fingerprint density at radius 1 is 1.14 bits per heavy atom. The van der Waals surface area contributed by atoms with Gasteiger partial charge in [0.15, 0.2) is 17.6 Å². The summed E-state index contributed by atoms with van der Waals surface area (Å²) in [7, 11) is 0. The van der Waals surface area contributed by atoms with E-state index in [-0.39, 0.29) is 6.61 Å². The maximum Gasteiger partial charge on any atom is 0.185 e. The normalized spacial score (nSPS) is 17.3. The van der Waals surface area contributed by atoms with Crippen LogP contribution in [0.2, 0.25) is 0 Å². The van der Waals surface area contributed by atoms with E-state index in [9.17, 15) is 5.11 Å². The van der Waals surface area contributed by atoms with Crippen molar-refractivity contribution in [1.29, 1.82) is 0 Å². The number of aliphatic hydroxyl groups is 1. The van der Waals surface area contributed by atoms with Gasteiger partial charge in [-0.25, -0.2) is 0 Å². The Bertz CT molecular complexity index is 785. The molecular formula is C17H16N2O3. The summed E-state index contributed by atoms with van der Waals surface area (Å²) in [5, 5.41) is 15.4. The van der Waals surface area contributed by atoms with Gasteiger partial charge in [-0.15, -0.1) is 0 Å². The van der Waals surface area contributed by atoms with Gasteiger partial charge in [0.1, 0.15) is 17.7 Å². The number of benzene rings is 2. The molecule has 1 aromatic heterocycles. The summed E-state index contributed by atoms with van der Waals surface area (Å²) < 4.78 is 11.0. The maximum absolute atomic E-state index is 10.4. The number of aliphatic hydroxyl groups excluding tert-OH is 1. The molecule has 1 N–H and O–H groups in total. The zero-order chi connectivity index (χ0) is 14.9. The van der Waals surface area contributed by atoms with Crippen molar-refractivity contribution >= 4 is 16.8 Å². The molecule has 3 aromatic rings. The van der Waals surface area contributed by atoms with Crippen LogP contribution >= 0.6 is 0 Å². The molecule has 0 saturated heterocycles. The number of rotatable bonds is 3. The minimum absolute atomic E-state index is 0.213. The lowest BCUT2D eigenvalue weighted by atomic mass is 10.1. The molecule has 0 fully saturated rings. The molecule has 1 aliphatic rings. The first-order chi connectivity index (χ1) is 10.8.